The molecule has 0 bridgehead atoms. The Kier molecular flexibility index (Phi) is 3.94. The van der Waals surface area contributed by atoms with Crippen LogP contribution in [0.5, 0.6) is 5.75 Å². The minimum absolute atomic E-state index is 0.0323. The summed E-state index contributed by atoms with van der Waals surface area (Å²) in [6.45, 7) is 6.58. The Labute approximate surface area is 105 Å². The Morgan fingerprint density at radius 2 is 1.56 bits per heavy atom. The van der Waals surface area contributed by atoms with E-state index in [1.165, 1.54) is 12.1 Å². The Morgan fingerprint density at radius 1 is 1.06 bits per heavy atom. The minimum Gasteiger partial charge on any atom is -0.395 e. The number of alkyl halides is 2. The number of hydrogen-bond donors (Lipinski definition) is 0. The van der Waals surface area contributed by atoms with Gasteiger partial charge in [-0.3, -0.25) is 0 Å². The first kappa shape index (κ1) is 14.4. The topological polar surface area (TPSA) is 35.5 Å². The van der Waals surface area contributed by atoms with E-state index < -0.39 is 12.3 Å². The monoisotopic (exact) mass is 258 g/mol. The van der Waals surface area contributed by atoms with E-state index in [1.54, 1.807) is 12.1 Å². The van der Waals surface area contributed by atoms with Gasteiger partial charge >= 0.3 is 12.3 Å². The number of halogens is 2. The van der Waals surface area contributed by atoms with Crippen LogP contribution in [-0.2, 0) is 10.2 Å². The number of ether oxygens (including phenoxy) is 2. The van der Waals surface area contributed by atoms with Crippen molar-refractivity contribution in [2.24, 2.45) is 0 Å². The highest BCUT2D eigenvalue weighted by molar-refractivity contribution is 5.64. The molecule has 0 unspecified atom stereocenters. The number of carbonyl (C=O) groups excluding carboxylic acids is 1. The van der Waals surface area contributed by atoms with Gasteiger partial charge in [-0.05, 0) is 23.1 Å². The fourth-order valence-corrected chi connectivity index (χ4v) is 1.29. The van der Waals surface area contributed by atoms with Gasteiger partial charge in [0.1, 0.15) is 5.75 Å². The molecule has 1 aromatic rings. The summed E-state index contributed by atoms with van der Waals surface area (Å²) in [5, 5.41) is 0. The predicted molar refractivity (Wildman–Crippen MR) is 62.9 cm³/mol. The highest BCUT2D eigenvalue weighted by Crippen LogP contribution is 2.24. The van der Waals surface area contributed by atoms with E-state index in [1.807, 2.05) is 20.8 Å². The van der Waals surface area contributed by atoms with Gasteiger partial charge in [-0.1, -0.05) is 32.9 Å². The van der Waals surface area contributed by atoms with Crippen LogP contribution < -0.4 is 4.74 Å². The second kappa shape index (κ2) is 4.92. The molecule has 0 aromatic heterocycles. The van der Waals surface area contributed by atoms with Crippen molar-refractivity contribution in [1.29, 1.82) is 0 Å². The second-order valence-corrected chi connectivity index (χ2v) is 5.04. The Morgan fingerprint density at radius 3 is 1.94 bits per heavy atom. The maximum Gasteiger partial charge on any atom is 0.518 e. The Hall–Kier alpha value is -1.65. The molecular formula is C13H16F2O3. The van der Waals surface area contributed by atoms with Gasteiger partial charge in [0, 0.05) is 6.92 Å². The van der Waals surface area contributed by atoms with Gasteiger partial charge in [-0.25, -0.2) is 4.79 Å². The quantitative estimate of drug-likeness (QED) is 0.591. The van der Waals surface area contributed by atoms with Crippen molar-refractivity contribution in [2.75, 3.05) is 0 Å². The molecule has 18 heavy (non-hydrogen) atoms. The van der Waals surface area contributed by atoms with Crippen LogP contribution in [0.3, 0.4) is 0 Å². The maximum absolute atomic E-state index is 12.4. The third-order valence-electron chi connectivity index (χ3n) is 2.18. The van der Waals surface area contributed by atoms with Gasteiger partial charge in [-0.2, -0.15) is 8.78 Å². The molecule has 100 valence electrons. The van der Waals surface area contributed by atoms with Crippen LogP contribution in [0, 0.1) is 0 Å². The molecule has 0 saturated heterocycles. The SMILES string of the molecule is CC(F)(F)OC(=O)Oc1ccc(C(C)(C)C)cc1. The Bertz CT molecular complexity index is 413. The largest absolute Gasteiger partial charge is 0.518 e. The van der Waals surface area contributed by atoms with Gasteiger partial charge in [-0.15, -0.1) is 0 Å². The summed E-state index contributed by atoms with van der Waals surface area (Å²) in [5.41, 5.74) is 1.01. The third-order valence-corrected chi connectivity index (χ3v) is 2.18. The highest BCUT2D eigenvalue weighted by Gasteiger charge is 2.28. The molecular weight excluding hydrogens is 242 g/mol. The zero-order chi connectivity index (χ0) is 14.0. The maximum atomic E-state index is 12.4. The Balaban J connectivity index is 2.67. The van der Waals surface area contributed by atoms with Gasteiger partial charge in [0.05, 0.1) is 0 Å². The summed E-state index contributed by atoms with van der Waals surface area (Å²) in [6.07, 6.45) is -4.96. The molecule has 1 rings (SSSR count). The van der Waals surface area contributed by atoms with Gasteiger partial charge in [0.2, 0.25) is 0 Å². The van der Waals surface area contributed by atoms with Crippen molar-refractivity contribution in [3.63, 3.8) is 0 Å². The van der Waals surface area contributed by atoms with Crippen LogP contribution in [-0.4, -0.2) is 12.3 Å². The minimum atomic E-state index is -3.54. The summed E-state index contributed by atoms with van der Waals surface area (Å²) >= 11 is 0. The van der Waals surface area contributed by atoms with Gasteiger partial charge in [0.25, 0.3) is 0 Å². The van der Waals surface area contributed by atoms with E-state index in [4.69, 9.17) is 0 Å². The van der Waals surface area contributed by atoms with Crippen LogP contribution in [0.15, 0.2) is 24.3 Å². The standard InChI is InChI=1S/C13H16F2O3/c1-12(2,3)9-5-7-10(8-6-9)17-11(16)18-13(4,14)15/h5-8H,1-4H3. The van der Waals surface area contributed by atoms with E-state index in [0.717, 1.165) is 5.56 Å². The van der Waals surface area contributed by atoms with E-state index >= 15 is 0 Å². The first-order valence-electron chi connectivity index (χ1n) is 5.47. The van der Waals surface area contributed by atoms with Crippen molar-refractivity contribution in [3.05, 3.63) is 29.8 Å². The fourth-order valence-electron chi connectivity index (χ4n) is 1.29. The first-order valence-corrected chi connectivity index (χ1v) is 5.47. The second-order valence-electron chi connectivity index (χ2n) is 5.04. The fraction of sp³-hybridized carbons (Fsp3) is 0.462. The summed E-state index contributed by atoms with van der Waals surface area (Å²) < 4.78 is 33.1. The number of hydrogen-bond acceptors (Lipinski definition) is 3. The van der Waals surface area contributed by atoms with Crippen LogP contribution in [0.4, 0.5) is 13.6 Å². The molecule has 0 atom stereocenters. The molecule has 5 heteroatoms. The lowest BCUT2D eigenvalue weighted by Gasteiger charge is -2.19. The van der Waals surface area contributed by atoms with Crippen molar-refractivity contribution >= 4 is 6.16 Å². The van der Waals surface area contributed by atoms with Gasteiger partial charge < -0.3 is 9.47 Å². The van der Waals surface area contributed by atoms with Crippen molar-refractivity contribution in [2.45, 2.75) is 39.2 Å². The molecule has 0 radical (unpaired) electrons. The number of benzene rings is 1. The van der Waals surface area contributed by atoms with Crippen LogP contribution in [0.1, 0.15) is 33.3 Å². The zero-order valence-electron chi connectivity index (χ0n) is 10.8. The summed E-state index contributed by atoms with van der Waals surface area (Å²) in [7, 11) is 0. The first-order chi connectivity index (χ1) is 8.08. The molecule has 0 aliphatic rings. The lowest BCUT2D eigenvalue weighted by Crippen LogP contribution is -2.23. The average Bonchev–Trinajstić information content (AvgIpc) is 2.13. The average molecular weight is 258 g/mol. The van der Waals surface area contributed by atoms with Crippen molar-refractivity contribution in [3.8, 4) is 5.75 Å². The molecule has 0 saturated carbocycles. The van der Waals surface area contributed by atoms with E-state index in [0.29, 0.717) is 6.92 Å². The molecule has 3 nitrogen and oxygen atoms in total. The van der Waals surface area contributed by atoms with Crippen molar-refractivity contribution in [1.82, 2.24) is 0 Å². The number of rotatable bonds is 2. The van der Waals surface area contributed by atoms with Crippen LogP contribution in [0.25, 0.3) is 0 Å². The molecule has 0 amide bonds. The molecule has 0 spiro atoms. The molecule has 0 fully saturated rings. The molecule has 0 aliphatic carbocycles. The molecule has 0 heterocycles. The normalized spacial score (nSPS) is 12.1. The van der Waals surface area contributed by atoms with Crippen molar-refractivity contribution < 1.29 is 23.0 Å². The smallest absolute Gasteiger partial charge is 0.395 e. The summed E-state index contributed by atoms with van der Waals surface area (Å²) in [6, 6.07) is 6.62. The third kappa shape index (κ3) is 4.69. The van der Waals surface area contributed by atoms with E-state index in [9.17, 15) is 13.6 Å². The van der Waals surface area contributed by atoms with Gasteiger partial charge in [0.15, 0.2) is 0 Å². The van der Waals surface area contributed by atoms with E-state index in [2.05, 4.69) is 9.47 Å². The molecule has 0 aliphatic heterocycles. The lowest BCUT2D eigenvalue weighted by molar-refractivity contribution is -0.190. The number of carbonyl (C=O) groups is 1. The predicted octanol–water partition coefficient (Wildman–Crippen LogP) is 4.11. The summed E-state index contributed by atoms with van der Waals surface area (Å²) in [5.74, 6) is 0.164. The lowest BCUT2D eigenvalue weighted by atomic mass is 9.87. The zero-order valence-corrected chi connectivity index (χ0v) is 10.8. The van der Waals surface area contributed by atoms with E-state index in [-0.39, 0.29) is 11.2 Å². The molecule has 1 aromatic carbocycles. The highest BCUT2D eigenvalue weighted by atomic mass is 19.3. The molecule has 0 N–H and O–H groups in total. The van der Waals surface area contributed by atoms with Crippen LogP contribution >= 0.6 is 0 Å². The summed E-state index contributed by atoms with van der Waals surface area (Å²) in [4.78, 5) is 11.0. The van der Waals surface area contributed by atoms with Crippen LogP contribution in [0.2, 0.25) is 0 Å².